The molecule has 108 valence electrons. The average molecular weight is 343 g/mol. The highest BCUT2D eigenvalue weighted by atomic mass is 35.5. The zero-order valence-electron chi connectivity index (χ0n) is 10.6. The number of carbonyl (C=O) groups is 1. The van der Waals surface area contributed by atoms with E-state index in [9.17, 15) is 4.79 Å². The van der Waals surface area contributed by atoms with Crippen LogP contribution in [-0.2, 0) is 0 Å². The van der Waals surface area contributed by atoms with Crippen molar-refractivity contribution in [2.75, 3.05) is 11.9 Å². The molecule has 0 bridgehead atoms. The molecule has 4 nitrogen and oxygen atoms in total. The Kier molecular flexibility index (Phi) is 5.16. The molecule has 0 radical (unpaired) electrons. The molecule has 0 saturated carbocycles. The van der Waals surface area contributed by atoms with Crippen LogP contribution >= 0.6 is 34.8 Å². The third-order valence-electron chi connectivity index (χ3n) is 2.52. The van der Waals surface area contributed by atoms with E-state index in [4.69, 9.17) is 40.5 Å². The van der Waals surface area contributed by atoms with Gasteiger partial charge in [0.25, 0.3) is 5.91 Å². The maximum Gasteiger partial charge on any atom is 0.272 e. The second kappa shape index (κ2) is 6.88. The summed E-state index contributed by atoms with van der Waals surface area (Å²) in [5, 5.41) is 3.68. The van der Waals surface area contributed by atoms with Crippen molar-refractivity contribution >= 4 is 46.4 Å². The van der Waals surface area contributed by atoms with Crippen LogP contribution in [-0.4, -0.2) is 17.4 Å². The number of hydrogen-bond acceptors (Lipinski definition) is 2. The summed E-state index contributed by atoms with van der Waals surface area (Å²) in [4.78, 5) is 14.7. The maximum absolute atomic E-state index is 12.0. The molecule has 0 aliphatic carbocycles. The summed E-state index contributed by atoms with van der Waals surface area (Å²) in [7, 11) is 0. The van der Waals surface area contributed by atoms with E-state index >= 15 is 0 Å². The number of amides is 1. The Morgan fingerprint density at radius 2 is 2.00 bits per heavy atom. The highest BCUT2D eigenvalue weighted by Gasteiger charge is 2.12. The predicted octanol–water partition coefficient (Wildman–Crippen LogP) is 3.54. The number of carbonyl (C=O) groups excluding carboxylic acids is 1. The minimum atomic E-state index is -0.371. The summed E-state index contributed by atoms with van der Waals surface area (Å²) in [5.41, 5.74) is 6.72. The third-order valence-corrected chi connectivity index (χ3v) is 3.54. The van der Waals surface area contributed by atoms with Crippen molar-refractivity contribution in [1.82, 2.24) is 4.98 Å². The maximum atomic E-state index is 12.0. The SMILES string of the molecule is NCC#Cc1cc(NC(=O)c2cc(Cl)c(Cl)[nH]2)ccc1Cl. The second-order valence-electron chi connectivity index (χ2n) is 4.00. The average Bonchev–Trinajstić information content (AvgIpc) is 2.79. The van der Waals surface area contributed by atoms with E-state index < -0.39 is 0 Å². The van der Waals surface area contributed by atoms with Crippen molar-refractivity contribution in [3.63, 3.8) is 0 Å². The number of benzene rings is 1. The number of rotatable bonds is 2. The van der Waals surface area contributed by atoms with Gasteiger partial charge in [0.05, 0.1) is 16.6 Å². The normalized spacial score (nSPS) is 9.90. The minimum Gasteiger partial charge on any atom is -0.340 e. The van der Waals surface area contributed by atoms with E-state index in [2.05, 4.69) is 22.1 Å². The molecular weight excluding hydrogens is 333 g/mol. The Bertz CT molecular complexity index is 724. The van der Waals surface area contributed by atoms with E-state index in [0.717, 1.165) is 0 Å². The van der Waals surface area contributed by atoms with E-state index in [1.54, 1.807) is 18.2 Å². The summed E-state index contributed by atoms with van der Waals surface area (Å²) >= 11 is 17.6. The van der Waals surface area contributed by atoms with E-state index in [1.807, 2.05) is 0 Å². The lowest BCUT2D eigenvalue weighted by molar-refractivity contribution is 0.102. The van der Waals surface area contributed by atoms with Gasteiger partial charge < -0.3 is 16.0 Å². The topological polar surface area (TPSA) is 70.9 Å². The molecule has 0 unspecified atom stereocenters. The number of anilines is 1. The highest BCUT2D eigenvalue weighted by Crippen LogP contribution is 2.23. The van der Waals surface area contributed by atoms with Crippen LogP contribution in [0.3, 0.4) is 0 Å². The Balaban J connectivity index is 2.21. The van der Waals surface area contributed by atoms with E-state index in [-0.39, 0.29) is 28.3 Å². The fourth-order valence-electron chi connectivity index (χ4n) is 1.57. The van der Waals surface area contributed by atoms with Gasteiger partial charge in [-0.1, -0.05) is 46.6 Å². The Labute approximate surface area is 136 Å². The number of H-pyrrole nitrogens is 1. The fourth-order valence-corrected chi connectivity index (χ4v) is 2.05. The Hall–Kier alpha value is -1.64. The number of nitrogens with two attached hydrogens (primary N) is 1. The summed E-state index contributed by atoms with van der Waals surface area (Å²) < 4.78 is 0. The molecule has 21 heavy (non-hydrogen) atoms. The standard InChI is InChI=1S/C14H10Cl3N3O/c15-10-4-3-9(6-8(10)2-1-5-18)19-14(21)12-7-11(16)13(17)20-12/h3-4,6-7,20H,5,18H2,(H,19,21). The summed E-state index contributed by atoms with van der Waals surface area (Å²) in [5.74, 6) is 5.17. The van der Waals surface area contributed by atoms with E-state index in [1.165, 1.54) is 6.07 Å². The first-order chi connectivity index (χ1) is 10.0. The number of aromatic amines is 1. The number of hydrogen-bond donors (Lipinski definition) is 3. The van der Waals surface area contributed by atoms with Crippen molar-refractivity contribution in [2.45, 2.75) is 0 Å². The molecule has 2 aromatic rings. The van der Waals surface area contributed by atoms with Crippen molar-refractivity contribution in [3.05, 3.63) is 50.7 Å². The van der Waals surface area contributed by atoms with Gasteiger partial charge in [-0.05, 0) is 24.3 Å². The Morgan fingerprint density at radius 1 is 1.24 bits per heavy atom. The smallest absolute Gasteiger partial charge is 0.272 e. The first-order valence-corrected chi connectivity index (χ1v) is 6.98. The van der Waals surface area contributed by atoms with E-state index in [0.29, 0.717) is 16.3 Å². The first kappa shape index (κ1) is 15.7. The Morgan fingerprint density at radius 3 is 2.62 bits per heavy atom. The zero-order chi connectivity index (χ0) is 15.4. The van der Waals surface area contributed by atoms with Crippen LogP contribution in [0.15, 0.2) is 24.3 Å². The molecule has 1 aromatic carbocycles. The largest absolute Gasteiger partial charge is 0.340 e. The molecule has 1 heterocycles. The molecule has 0 aliphatic rings. The fraction of sp³-hybridized carbons (Fsp3) is 0.0714. The van der Waals surface area contributed by atoms with Gasteiger partial charge in [0.2, 0.25) is 0 Å². The molecular formula is C14H10Cl3N3O. The van der Waals surface area contributed by atoms with Crippen LogP contribution in [0, 0.1) is 11.8 Å². The van der Waals surface area contributed by atoms with Gasteiger partial charge in [0, 0.05) is 11.3 Å². The van der Waals surface area contributed by atoms with Gasteiger partial charge in [-0.2, -0.15) is 0 Å². The van der Waals surface area contributed by atoms with Gasteiger partial charge in [-0.15, -0.1) is 0 Å². The molecule has 0 atom stereocenters. The molecule has 0 aliphatic heterocycles. The predicted molar refractivity (Wildman–Crippen MR) is 86.2 cm³/mol. The monoisotopic (exact) mass is 341 g/mol. The van der Waals surface area contributed by atoms with Gasteiger partial charge in [0.1, 0.15) is 10.8 Å². The van der Waals surface area contributed by atoms with Crippen LogP contribution in [0.1, 0.15) is 16.1 Å². The van der Waals surface area contributed by atoms with Gasteiger partial charge in [-0.25, -0.2) is 0 Å². The molecule has 0 fully saturated rings. The van der Waals surface area contributed by atoms with Crippen molar-refractivity contribution < 1.29 is 4.79 Å². The van der Waals surface area contributed by atoms with Crippen LogP contribution in [0.5, 0.6) is 0 Å². The minimum absolute atomic E-state index is 0.215. The number of aromatic nitrogens is 1. The highest BCUT2D eigenvalue weighted by molar-refractivity contribution is 6.41. The van der Waals surface area contributed by atoms with Gasteiger partial charge in [-0.3, -0.25) is 4.79 Å². The lowest BCUT2D eigenvalue weighted by atomic mass is 10.2. The van der Waals surface area contributed by atoms with Crippen LogP contribution in [0.4, 0.5) is 5.69 Å². The van der Waals surface area contributed by atoms with Crippen molar-refractivity contribution in [2.24, 2.45) is 5.73 Å². The lowest BCUT2D eigenvalue weighted by Gasteiger charge is -2.05. The number of nitrogens with one attached hydrogen (secondary N) is 2. The molecule has 4 N–H and O–H groups in total. The van der Waals surface area contributed by atoms with Gasteiger partial charge >= 0.3 is 0 Å². The molecule has 2 rings (SSSR count). The van der Waals surface area contributed by atoms with Crippen LogP contribution in [0.25, 0.3) is 0 Å². The summed E-state index contributed by atoms with van der Waals surface area (Å²) in [6.45, 7) is 0.229. The van der Waals surface area contributed by atoms with Gasteiger partial charge in [0.15, 0.2) is 0 Å². The summed E-state index contributed by atoms with van der Waals surface area (Å²) in [6, 6.07) is 6.42. The second-order valence-corrected chi connectivity index (χ2v) is 5.19. The van der Waals surface area contributed by atoms with Crippen molar-refractivity contribution in [1.29, 1.82) is 0 Å². The molecule has 0 saturated heterocycles. The third kappa shape index (κ3) is 3.93. The lowest BCUT2D eigenvalue weighted by Crippen LogP contribution is -2.12. The molecule has 1 aromatic heterocycles. The molecule has 7 heteroatoms. The number of halogens is 3. The molecule has 0 spiro atoms. The zero-order valence-corrected chi connectivity index (χ0v) is 12.9. The van der Waals surface area contributed by atoms with Crippen LogP contribution in [0.2, 0.25) is 15.2 Å². The van der Waals surface area contributed by atoms with Crippen LogP contribution < -0.4 is 11.1 Å². The molecule has 1 amide bonds. The van der Waals surface area contributed by atoms with Crippen molar-refractivity contribution in [3.8, 4) is 11.8 Å². The summed E-state index contributed by atoms with van der Waals surface area (Å²) in [6.07, 6.45) is 0. The quantitative estimate of drug-likeness (QED) is 0.731. The first-order valence-electron chi connectivity index (χ1n) is 5.85.